The summed E-state index contributed by atoms with van der Waals surface area (Å²) in [5, 5.41) is 2.48. The number of hydrogen-bond donors (Lipinski definition) is 0. The molecule has 6 nitrogen and oxygen atoms in total. The molecule has 0 spiro atoms. The van der Waals surface area contributed by atoms with Crippen LogP contribution in [0.15, 0.2) is 5.38 Å². The Bertz CT molecular complexity index is 553. The lowest BCUT2D eigenvalue weighted by Gasteiger charge is -2.35. The Morgan fingerprint density at radius 3 is 2.62 bits per heavy atom. The summed E-state index contributed by atoms with van der Waals surface area (Å²) >= 11 is 1.41. The SMILES string of the molecule is CCCN([B]C=O)[C@@H](C[C@@H](OCC)c1nc(C(=O)OCC)cs1)C(C)C. The summed E-state index contributed by atoms with van der Waals surface area (Å²) in [6.45, 7) is 11.8. The molecule has 1 aromatic heterocycles. The van der Waals surface area contributed by atoms with E-state index in [9.17, 15) is 9.59 Å². The smallest absolute Gasteiger partial charge is 0.357 e. The number of rotatable bonds is 13. The number of esters is 1. The quantitative estimate of drug-likeness (QED) is 0.297. The monoisotopic (exact) mass is 381 g/mol. The van der Waals surface area contributed by atoms with Crippen LogP contribution in [0.25, 0.3) is 0 Å². The molecule has 0 bridgehead atoms. The van der Waals surface area contributed by atoms with Gasteiger partial charge in [0.1, 0.15) is 11.1 Å². The Hall–Kier alpha value is -1.25. The van der Waals surface area contributed by atoms with E-state index in [1.165, 1.54) is 11.3 Å². The van der Waals surface area contributed by atoms with Gasteiger partial charge in [-0.2, -0.15) is 0 Å². The third-order valence-corrected chi connectivity index (χ3v) is 4.97. The molecule has 1 heterocycles. The second-order valence-electron chi connectivity index (χ2n) is 6.31. The molecule has 0 saturated carbocycles. The minimum absolute atomic E-state index is 0.145. The van der Waals surface area contributed by atoms with Crippen LogP contribution in [0.5, 0.6) is 0 Å². The van der Waals surface area contributed by atoms with Gasteiger partial charge < -0.3 is 19.1 Å². The maximum Gasteiger partial charge on any atom is 0.357 e. The molecule has 8 heteroatoms. The van der Waals surface area contributed by atoms with E-state index >= 15 is 0 Å². The molecule has 0 amide bonds. The van der Waals surface area contributed by atoms with Gasteiger partial charge in [0.05, 0.1) is 12.8 Å². The van der Waals surface area contributed by atoms with Crippen LogP contribution in [0, 0.1) is 5.92 Å². The Morgan fingerprint density at radius 2 is 2.08 bits per heavy atom. The highest BCUT2D eigenvalue weighted by Crippen LogP contribution is 2.30. The van der Waals surface area contributed by atoms with Crippen molar-refractivity contribution in [1.29, 1.82) is 0 Å². The van der Waals surface area contributed by atoms with Gasteiger partial charge in [0.15, 0.2) is 5.69 Å². The van der Waals surface area contributed by atoms with Crippen LogP contribution >= 0.6 is 11.3 Å². The molecule has 1 rings (SSSR count). The van der Waals surface area contributed by atoms with Gasteiger partial charge in [-0.25, -0.2) is 9.78 Å². The van der Waals surface area contributed by atoms with Gasteiger partial charge >= 0.3 is 5.97 Å². The minimum Gasteiger partial charge on any atom is -0.461 e. The summed E-state index contributed by atoms with van der Waals surface area (Å²) in [7, 11) is 1.61. The summed E-state index contributed by atoms with van der Waals surface area (Å²) in [6.07, 6.45) is 2.27. The highest BCUT2D eigenvalue weighted by Gasteiger charge is 2.28. The van der Waals surface area contributed by atoms with E-state index in [0.29, 0.717) is 31.2 Å². The predicted octanol–water partition coefficient (Wildman–Crippen LogP) is 3.33. The number of carbonyl (C=O) groups excluding carboxylic acids is 2. The van der Waals surface area contributed by atoms with Gasteiger partial charge in [-0.15, -0.1) is 11.3 Å². The number of hydrogen-bond acceptors (Lipinski definition) is 7. The fourth-order valence-corrected chi connectivity index (χ4v) is 3.72. The summed E-state index contributed by atoms with van der Waals surface area (Å²) in [5.41, 5.74) is 0.322. The van der Waals surface area contributed by atoms with Gasteiger partial charge in [-0.05, 0) is 39.2 Å². The molecule has 0 N–H and O–H groups in total. The third kappa shape index (κ3) is 6.81. The van der Waals surface area contributed by atoms with Crippen molar-refractivity contribution < 1.29 is 19.1 Å². The standard InChI is InChI=1S/C18H30BN2O4S/c1-6-9-21(19-12-22)15(13(4)5)10-16(24-7-2)17-20-14(11-26-17)18(23)25-8-3/h11-13,15-16H,6-10H2,1-5H3/t15-,16+/m0/s1. The zero-order valence-electron chi connectivity index (χ0n) is 16.4. The van der Waals surface area contributed by atoms with Crippen molar-refractivity contribution in [3.05, 3.63) is 16.1 Å². The van der Waals surface area contributed by atoms with Crippen LogP contribution in [-0.4, -0.2) is 55.2 Å². The second-order valence-corrected chi connectivity index (χ2v) is 7.20. The molecule has 0 fully saturated rings. The average Bonchev–Trinajstić information content (AvgIpc) is 3.08. The number of thiazole rings is 1. The van der Waals surface area contributed by atoms with Crippen molar-refractivity contribution in [2.75, 3.05) is 19.8 Å². The first-order valence-corrected chi connectivity index (χ1v) is 10.1. The first-order chi connectivity index (χ1) is 12.5. The van der Waals surface area contributed by atoms with Crippen LogP contribution < -0.4 is 0 Å². The summed E-state index contributed by atoms with van der Waals surface area (Å²) in [6, 6.07) is 0.145. The highest BCUT2D eigenvalue weighted by molar-refractivity contribution is 7.09. The van der Waals surface area contributed by atoms with E-state index in [-0.39, 0.29) is 12.1 Å². The first-order valence-electron chi connectivity index (χ1n) is 9.26. The van der Waals surface area contributed by atoms with E-state index in [0.717, 1.165) is 24.2 Å². The average molecular weight is 381 g/mol. The molecule has 0 aliphatic heterocycles. The zero-order chi connectivity index (χ0) is 19.5. The van der Waals surface area contributed by atoms with E-state index in [4.69, 9.17) is 9.47 Å². The number of nitrogens with zero attached hydrogens (tertiary/aromatic N) is 2. The topological polar surface area (TPSA) is 68.7 Å². The maximum atomic E-state index is 11.9. The lowest BCUT2D eigenvalue weighted by atomic mass is 9.85. The van der Waals surface area contributed by atoms with Crippen LogP contribution in [0.1, 0.15) is 69.1 Å². The number of carbonyl (C=O) groups is 2. The van der Waals surface area contributed by atoms with E-state index < -0.39 is 5.97 Å². The van der Waals surface area contributed by atoms with Gasteiger partial charge in [0, 0.05) is 18.0 Å². The molecule has 26 heavy (non-hydrogen) atoms. The molecule has 2 atom stereocenters. The largest absolute Gasteiger partial charge is 0.461 e. The molecule has 0 aromatic carbocycles. The van der Waals surface area contributed by atoms with Crippen LogP contribution in [0.3, 0.4) is 0 Å². The molecule has 0 unspecified atom stereocenters. The Kier molecular flexibility index (Phi) is 10.7. The van der Waals surface area contributed by atoms with Gasteiger partial charge in [-0.1, -0.05) is 20.8 Å². The zero-order valence-corrected chi connectivity index (χ0v) is 17.3. The van der Waals surface area contributed by atoms with E-state index in [1.54, 1.807) is 19.7 Å². The second kappa shape index (κ2) is 12.2. The molecular weight excluding hydrogens is 351 g/mol. The fourth-order valence-electron chi connectivity index (χ4n) is 2.87. The summed E-state index contributed by atoms with van der Waals surface area (Å²) in [5.74, 6) is -0.0715. The van der Waals surface area contributed by atoms with Crippen LogP contribution in [0.4, 0.5) is 0 Å². The van der Waals surface area contributed by atoms with Crippen molar-refractivity contribution in [2.45, 2.75) is 59.6 Å². The number of aromatic nitrogens is 1. The van der Waals surface area contributed by atoms with E-state index in [2.05, 4.69) is 30.6 Å². The van der Waals surface area contributed by atoms with Crippen molar-refractivity contribution >= 4 is 30.9 Å². The number of ether oxygens (including phenoxy) is 2. The summed E-state index contributed by atoms with van der Waals surface area (Å²) < 4.78 is 10.9. The van der Waals surface area contributed by atoms with Crippen molar-refractivity contribution in [1.82, 2.24) is 9.79 Å². The molecule has 0 aliphatic carbocycles. The van der Waals surface area contributed by atoms with Crippen LogP contribution in [0.2, 0.25) is 0 Å². The molecule has 0 saturated heterocycles. The predicted molar refractivity (Wildman–Crippen MR) is 105 cm³/mol. The lowest BCUT2D eigenvalue weighted by molar-refractivity contribution is 0.0337. The first kappa shape index (κ1) is 22.8. The van der Waals surface area contributed by atoms with Gasteiger partial charge in [0.2, 0.25) is 0 Å². The van der Waals surface area contributed by atoms with Crippen LogP contribution in [-0.2, 0) is 14.3 Å². The minimum atomic E-state index is -0.410. The molecule has 0 aliphatic rings. The Labute approximate surface area is 161 Å². The normalized spacial score (nSPS) is 13.7. The van der Waals surface area contributed by atoms with Crippen molar-refractivity contribution in [3.63, 3.8) is 0 Å². The fraction of sp³-hybridized carbons (Fsp3) is 0.722. The van der Waals surface area contributed by atoms with E-state index in [1.807, 2.05) is 6.92 Å². The molecule has 1 radical (unpaired) electrons. The van der Waals surface area contributed by atoms with Gasteiger partial charge in [0.25, 0.3) is 7.41 Å². The Morgan fingerprint density at radius 1 is 1.35 bits per heavy atom. The van der Waals surface area contributed by atoms with Crippen molar-refractivity contribution in [3.8, 4) is 0 Å². The molecule has 1 aromatic rings. The van der Waals surface area contributed by atoms with Crippen molar-refractivity contribution in [2.24, 2.45) is 5.92 Å². The molecular formula is C18H30BN2O4S. The Balaban J connectivity index is 2.99. The lowest BCUT2D eigenvalue weighted by Crippen LogP contribution is -2.43. The van der Waals surface area contributed by atoms with Gasteiger partial charge in [-0.3, -0.25) is 0 Å². The maximum absolute atomic E-state index is 11.9. The summed E-state index contributed by atoms with van der Waals surface area (Å²) in [4.78, 5) is 29.4. The molecule has 145 valence electrons. The highest BCUT2D eigenvalue weighted by atomic mass is 32.1. The third-order valence-electron chi connectivity index (χ3n) is 4.04.